The third kappa shape index (κ3) is 4.26. The molecule has 0 radical (unpaired) electrons. The molecule has 0 aliphatic heterocycles. The Balaban J connectivity index is 2.03. The molecule has 3 atom stereocenters. The Morgan fingerprint density at radius 1 is 1.15 bits per heavy atom. The van der Waals surface area contributed by atoms with Gasteiger partial charge in [-0.1, -0.05) is 45.4 Å². The number of hydrogen-bond donors (Lipinski definition) is 0. The molecule has 0 aromatic rings. The Labute approximate surface area is 126 Å². The minimum atomic E-state index is -3.79. The molecule has 3 unspecified atom stereocenters. The van der Waals surface area contributed by atoms with Gasteiger partial charge in [-0.05, 0) is 43.0 Å². The summed E-state index contributed by atoms with van der Waals surface area (Å²) in [5.74, 6) is -2.77. The zero-order valence-corrected chi connectivity index (χ0v) is 12.1. The average molecular weight is 292 g/mol. The van der Waals surface area contributed by atoms with E-state index in [0.29, 0.717) is 24.3 Å². The highest BCUT2D eigenvalue weighted by Crippen LogP contribution is 2.37. The first kappa shape index (κ1) is 11.1. The molecule has 0 aromatic carbocycles. The van der Waals surface area contributed by atoms with Crippen molar-refractivity contribution in [2.24, 2.45) is 17.7 Å². The second kappa shape index (κ2) is 7.51. The van der Waals surface area contributed by atoms with Gasteiger partial charge < -0.3 is 0 Å². The van der Waals surface area contributed by atoms with Gasteiger partial charge in [-0.3, -0.25) is 0 Å². The van der Waals surface area contributed by atoms with Crippen molar-refractivity contribution in [1.82, 2.24) is 0 Å². The number of allylic oxidation sites excluding steroid dienone is 2. The molecular weight excluding hydrogens is 261 g/mol. The molecule has 0 heterocycles. The molecule has 0 spiro atoms. The quantitative estimate of drug-likeness (QED) is 0.589. The van der Waals surface area contributed by atoms with E-state index in [1.807, 2.05) is 0 Å². The maximum atomic E-state index is 14.2. The maximum absolute atomic E-state index is 14.2. The van der Waals surface area contributed by atoms with E-state index >= 15 is 0 Å². The van der Waals surface area contributed by atoms with Gasteiger partial charge in [0.15, 0.2) is 6.17 Å². The fourth-order valence-electron chi connectivity index (χ4n) is 3.32. The molecular formula is C17H27F3. The summed E-state index contributed by atoms with van der Waals surface area (Å²) in [7, 11) is 0. The zero-order chi connectivity index (χ0) is 18.2. The summed E-state index contributed by atoms with van der Waals surface area (Å²) < 4.78 is 72.5. The molecule has 0 bridgehead atoms. The van der Waals surface area contributed by atoms with Gasteiger partial charge in [0.1, 0.15) is 12.0 Å². The minimum Gasteiger partial charge on any atom is -0.244 e. The van der Waals surface area contributed by atoms with Crippen molar-refractivity contribution in [2.75, 3.05) is 0 Å². The monoisotopic (exact) mass is 292 g/mol. The normalized spacial score (nSPS) is 51.4. The van der Waals surface area contributed by atoms with Crippen LogP contribution in [0.4, 0.5) is 13.2 Å². The summed E-state index contributed by atoms with van der Waals surface area (Å²) in [6, 6.07) is 0. The van der Waals surface area contributed by atoms with Gasteiger partial charge in [-0.2, -0.15) is 0 Å². The largest absolute Gasteiger partial charge is 0.244 e. The van der Waals surface area contributed by atoms with Gasteiger partial charge in [0.25, 0.3) is 0 Å². The highest BCUT2D eigenvalue weighted by atomic mass is 19.2. The Morgan fingerprint density at radius 3 is 2.35 bits per heavy atom. The van der Waals surface area contributed by atoms with E-state index in [2.05, 4.69) is 6.92 Å². The van der Waals surface area contributed by atoms with Gasteiger partial charge in [-0.15, -0.1) is 0 Å². The maximum Gasteiger partial charge on any atom is 0.182 e. The fraction of sp³-hybridized carbons (Fsp3) is 0.882. The molecule has 1 fully saturated rings. The lowest BCUT2D eigenvalue weighted by Crippen LogP contribution is -2.26. The van der Waals surface area contributed by atoms with Crippen LogP contribution in [0.5, 0.6) is 0 Å². The van der Waals surface area contributed by atoms with Gasteiger partial charge in [0.2, 0.25) is 0 Å². The van der Waals surface area contributed by atoms with Gasteiger partial charge in [0, 0.05) is 4.11 Å². The van der Waals surface area contributed by atoms with Crippen molar-refractivity contribution in [1.29, 1.82) is 0 Å². The molecule has 2 rings (SSSR count). The third-order valence-corrected chi connectivity index (χ3v) is 4.54. The summed E-state index contributed by atoms with van der Waals surface area (Å²) in [4.78, 5) is 0. The van der Waals surface area contributed by atoms with E-state index in [-0.39, 0.29) is 6.42 Å². The van der Waals surface area contributed by atoms with Crippen molar-refractivity contribution < 1.29 is 18.7 Å². The predicted octanol–water partition coefficient (Wildman–Crippen LogP) is 5.92. The smallest absolute Gasteiger partial charge is 0.182 e. The van der Waals surface area contributed by atoms with E-state index in [1.54, 1.807) is 0 Å². The van der Waals surface area contributed by atoms with Crippen LogP contribution in [0.1, 0.15) is 70.1 Å². The minimum absolute atomic E-state index is 0.103. The highest BCUT2D eigenvalue weighted by molar-refractivity contribution is 5.09. The van der Waals surface area contributed by atoms with Crippen molar-refractivity contribution in [3.05, 3.63) is 11.9 Å². The average Bonchev–Trinajstić information content (AvgIpc) is 2.52. The molecule has 1 saturated carbocycles. The van der Waals surface area contributed by atoms with E-state index in [9.17, 15) is 13.2 Å². The molecule has 0 nitrogen and oxygen atoms in total. The van der Waals surface area contributed by atoms with Crippen LogP contribution < -0.4 is 0 Å². The van der Waals surface area contributed by atoms with E-state index in [1.165, 1.54) is 6.42 Å². The Kier molecular flexibility index (Phi) is 4.19. The third-order valence-electron chi connectivity index (χ3n) is 4.54. The Bertz CT molecular complexity index is 472. The zero-order valence-electron chi connectivity index (χ0n) is 16.1. The lowest BCUT2D eigenvalue weighted by atomic mass is 9.77. The van der Waals surface area contributed by atoms with Crippen LogP contribution >= 0.6 is 0 Å². The molecule has 0 saturated heterocycles. The van der Waals surface area contributed by atoms with Crippen LogP contribution in [0.25, 0.3) is 0 Å². The standard InChI is InChI=1S/C17H27F3/c1-2-3-12-4-6-13(7-5-12)8-9-14-10-15(18)17(20)16(19)11-14/h10,12-14,16-17H,2-9,11H2,1H3/i11D2,14D,16D. The number of rotatable bonds is 5. The first-order valence-corrected chi connectivity index (χ1v) is 7.76. The van der Waals surface area contributed by atoms with Crippen molar-refractivity contribution >= 4 is 0 Å². The first-order chi connectivity index (χ1) is 11.0. The van der Waals surface area contributed by atoms with Crippen LogP contribution in [-0.4, -0.2) is 12.3 Å². The highest BCUT2D eigenvalue weighted by Gasteiger charge is 2.33. The SMILES string of the molecule is [2H]C1(CCC2CCC(CCC)CC2)C=C(F)C(F)C([2H])(F)C1([2H])[2H]. The second-order valence-electron chi connectivity index (χ2n) is 6.10. The van der Waals surface area contributed by atoms with Crippen molar-refractivity contribution in [2.45, 2.75) is 77.0 Å². The van der Waals surface area contributed by atoms with E-state index in [0.717, 1.165) is 32.1 Å². The summed E-state index contributed by atoms with van der Waals surface area (Å²) in [6.45, 7) is 2.16. The van der Waals surface area contributed by atoms with Gasteiger partial charge >= 0.3 is 0 Å². The Hall–Kier alpha value is -0.470. The predicted molar refractivity (Wildman–Crippen MR) is 76.7 cm³/mol. The lowest BCUT2D eigenvalue weighted by molar-refractivity contribution is 0.131. The summed E-state index contributed by atoms with van der Waals surface area (Å²) in [6.07, 6.45) is -2.45. The summed E-state index contributed by atoms with van der Waals surface area (Å²) in [5, 5.41) is 0. The molecule has 0 N–H and O–H groups in total. The molecule has 0 aromatic heterocycles. The van der Waals surface area contributed by atoms with E-state index < -0.39 is 30.4 Å². The topological polar surface area (TPSA) is 0 Å². The number of halogens is 3. The molecule has 116 valence electrons. The Morgan fingerprint density at radius 2 is 1.75 bits per heavy atom. The number of alkyl halides is 2. The summed E-state index contributed by atoms with van der Waals surface area (Å²) >= 11 is 0. The molecule has 2 aliphatic rings. The van der Waals surface area contributed by atoms with Gasteiger partial charge in [-0.25, -0.2) is 13.2 Å². The fourth-order valence-corrected chi connectivity index (χ4v) is 3.32. The summed E-state index contributed by atoms with van der Waals surface area (Å²) in [5.41, 5.74) is 0. The van der Waals surface area contributed by atoms with Crippen LogP contribution in [0, 0.1) is 17.7 Å². The molecule has 0 amide bonds. The lowest BCUT2D eigenvalue weighted by Gasteiger charge is -2.30. The van der Waals surface area contributed by atoms with Crippen LogP contribution in [0.3, 0.4) is 0 Å². The number of hydrogen-bond acceptors (Lipinski definition) is 0. The van der Waals surface area contributed by atoms with Crippen LogP contribution in [-0.2, 0) is 0 Å². The van der Waals surface area contributed by atoms with E-state index in [4.69, 9.17) is 5.48 Å². The second-order valence-corrected chi connectivity index (χ2v) is 6.10. The van der Waals surface area contributed by atoms with Crippen molar-refractivity contribution in [3.63, 3.8) is 0 Å². The first-order valence-electron chi connectivity index (χ1n) is 9.76. The molecule has 20 heavy (non-hydrogen) atoms. The van der Waals surface area contributed by atoms with Crippen molar-refractivity contribution in [3.8, 4) is 0 Å². The molecule has 2 aliphatic carbocycles. The van der Waals surface area contributed by atoms with Gasteiger partial charge in [0.05, 0.1) is 1.37 Å². The molecule has 3 heteroatoms. The van der Waals surface area contributed by atoms with Crippen LogP contribution in [0.15, 0.2) is 11.9 Å². The van der Waals surface area contributed by atoms with Crippen LogP contribution in [0.2, 0.25) is 0 Å².